The fourth-order valence-corrected chi connectivity index (χ4v) is 1.42. The molecule has 16 heavy (non-hydrogen) atoms. The molecule has 0 fully saturated rings. The molecule has 7 heteroatoms. The molecule has 0 radical (unpaired) electrons. The quantitative estimate of drug-likeness (QED) is 0.866. The molecule has 0 aliphatic heterocycles. The van der Waals surface area contributed by atoms with Gasteiger partial charge in [0.15, 0.2) is 5.76 Å². The predicted octanol–water partition coefficient (Wildman–Crippen LogP) is 2.65. The third kappa shape index (κ3) is 4.11. The van der Waals surface area contributed by atoms with Crippen LogP contribution in [0.4, 0.5) is 0 Å². The van der Waals surface area contributed by atoms with Gasteiger partial charge in [-0.25, -0.2) is 0 Å². The Labute approximate surface area is 114 Å². The van der Waals surface area contributed by atoms with Gasteiger partial charge in [0.25, 0.3) is 0 Å². The minimum absolute atomic E-state index is 0. The van der Waals surface area contributed by atoms with Crippen LogP contribution in [0.25, 0.3) is 0 Å². The van der Waals surface area contributed by atoms with Crippen molar-refractivity contribution in [3.8, 4) is 0 Å². The topological polar surface area (TPSA) is 41.3 Å². The molecule has 1 atom stereocenters. The highest BCUT2D eigenvalue weighted by molar-refractivity contribution is 6.31. The Hall–Kier alpha value is -0.000000000000000111. The van der Waals surface area contributed by atoms with Crippen molar-refractivity contribution in [3.63, 3.8) is 0 Å². The number of hydrogen-bond acceptors (Lipinski definition) is 4. The standard InChI is InChI=1S/C9H16ClN3O.2ClH/c1-5-11-9(13(3)4)8-7(10)6(2)12-14-8;;/h9,11H,5H2,1-4H3;2*1H. The van der Waals surface area contributed by atoms with E-state index in [0.29, 0.717) is 10.8 Å². The lowest BCUT2D eigenvalue weighted by Crippen LogP contribution is -2.33. The summed E-state index contributed by atoms with van der Waals surface area (Å²) in [5, 5.41) is 7.69. The Morgan fingerprint density at radius 3 is 2.31 bits per heavy atom. The molecule has 4 nitrogen and oxygen atoms in total. The monoisotopic (exact) mass is 289 g/mol. The van der Waals surface area contributed by atoms with Crippen molar-refractivity contribution < 1.29 is 4.52 Å². The first-order chi connectivity index (χ1) is 6.57. The summed E-state index contributed by atoms with van der Waals surface area (Å²) in [5.74, 6) is 0.677. The van der Waals surface area contributed by atoms with E-state index >= 15 is 0 Å². The first kappa shape index (κ1) is 18.4. The summed E-state index contributed by atoms with van der Waals surface area (Å²) >= 11 is 6.06. The molecule has 0 spiro atoms. The van der Waals surface area contributed by atoms with Crippen LogP contribution in [0.5, 0.6) is 0 Å². The molecule has 0 aliphatic rings. The maximum atomic E-state index is 6.06. The first-order valence-corrected chi connectivity index (χ1v) is 4.97. The molecule has 96 valence electrons. The summed E-state index contributed by atoms with van der Waals surface area (Å²) in [7, 11) is 3.92. The van der Waals surface area contributed by atoms with Crippen molar-refractivity contribution in [1.29, 1.82) is 0 Å². The normalized spacial score (nSPS) is 11.9. The average Bonchev–Trinajstić information content (AvgIpc) is 2.44. The fraction of sp³-hybridized carbons (Fsp3) is 0.667. The fourth-order valence-electron chi connectivity index (χ4n) is 1.25. The molecular formula is C9H18Cl3N3O. The summed E-state index contributed by atoms with van der Waals surface area (Å²) in [6.45, 7) is 4.71. The summed E-state index contributed by atoms with van der Waals surface area (Å²) < 4.78 is 5.18. The van der Waals surface area contributed by atoms with Crippen molar-refractivity contribution >= 4 is 36.4 Å². The molecule has 0 aliphatic carbocycles. The lowest BCUT2D eigenvalue weighted by atomic mass is 10.3. The maximum absolute atomic E-state index is 6.06. The van der Waals surface area contributed by atoms with Crippen LogP contribution < -0.4 is 5.32 Å². The van der Waals surface area contributed by atoms with Crippen LogP contribution in [0.15, 0.2) is 4.52 Å². The number of hydrogen-bond donors (Lipinski definition) is 1. The third-order valence-corrected chi connectivity index (χ3v) is 2.44. The second kappa shape index (κ2) is 8.14. The van der Waals surface area contributed by atoms with E-state index in [1.54, 1.807) is 0 Å². The van der Waals surface area contributed by atoms with E-state index in [-0.39, 0.29) is 31.0 Å². The van der Waals surface area contributed by atoms with Gasteiger partial charge in [-0.1, -0.05) is 23.7 Å². The second-order valence-corrected chi connectivity index (χ2v) is 3.75. The highest BCUT2D eigenvalue weighted by Gasteiger charge is 2.22. The van der Waals surface area contributed by atoms with Crippen molar-refractivity contribution in [3.05, 3.63) is 16.5 Å². The third-order valence-electron chi connectivity index (χ3n) is 1.98. The SMILES string of the molecule is CCNC(c1onc(C)c1Cl)N(C)C.Cl.Cl. The smallest absolute Gasteiger partial charge is 0.187 e. The molecule has 1 rings (SSSR count). The van der Waals surface area contributed by atoms with Crippen LogP contribution in [0.3, 0.4) is 0 Å². The van der Waals surface area contributed by atoms with E-state index in [2.05, 4.69) is 10.5 Å². The van der Waals surface area contributed by atoms with Crippen LogP contribution in [0.2, 0.25) is 5.02 Å². The Morgan fingerprint density at radius 2 is 2.00 bits per heavy atom. The van der Waals surface area contributed by atoms with Gasteiger partial charge in [0.2, 0.25) is 0 Å². The van der Waals surface area contributed by atoms with Gasteiger partial charge in [-0.05, 0) is 27.6 Å². The molecule has 1 unspecified atom stereocenters. The molecule has 0 amide bonds. The van der Waals surface area contributed by atoms with Gasteiger partial charge >= 0.3 is 0 Å². The number of halogens is 3. The van der Waals surface area contributed by atoms with E-state index in [9.17, 15) is 0 Å². The second-order valence-electron chi connectivity index (χ2n) is 3.37. The minimum atomic E-state index is -0.0197. The summed E-state index contributed by atoms with van der Waals surface area (Å²) in [4.78, 5) is 2.00. The summed E-state index contributed by atoms with van der Waals surface area (Å²) in [6, 6.07) is 0. The zero-order chi connectivity index (χ0) is 10.7. The van der Waals surface area contributed by atoms with Gasteiger partial charge < -0.3 is 4.52 Å². The van der Waals surface area contributed by atoms with Crippen LogP contribution in [0.1, 0.15) is 24.5 Å². The highest BCUT2D eigenvalue weighted by Crippen LogP contribution is 2.26. The van der Waals surface area contributed by atoms with Gasteiger partial charge in [0.05, 0.1) is 5.69 Å². The van der Waals surface area contributed by atoms with Crippen LogP contribution in [-0.4, -0.2) is 30.7 Å². The number of aromatic nitrogens is 1. The molecule has 1 aromatic rings. The Kier molecular flexibility index (Phi) is 9.35. The molecule has 0 saturated carbocycles. The van der Waals surface area contributed by atoms with Gasteiger partial charge in [-0.3, -0.25) is 10.2 Å². The number of rotatable bonds is 4. The van der Waals surface area contributed by atoms with E-state index in [1.807, 2.05) is 32.8 Å². The lowest BCUT2D eigenvalue weighted by molar-refractivity contribution is 0.202. The molecular weight excluding hydrogens is 272 g/mol. The molecule has 0 saturated heterocycles. The largest absolute Gasteiger partial charge is 0.356 e. The van der Waals surface area contributed by atoms with Crippen LogP contribution in [0, 0.1) is 6.92 Å². The first-order valence-electron chi connectivity index (χ1n) is 4.59. The van der Waals surface area contributed by atoms with Crippen molar-refractivity contribution in [1.82, 2.24) is 15.4 Å². The van der Waals surface area contributed by atoms with Crippen molar-refractivity contribution in [2.45, 2.75) is 20.0 Å². The summed E-state index contributed by atoms with van der Waals surface area (Å²) in [6.07, 6.45) is -0.0197. The Morgan fingerprint density at radius 1 is 1.44 bits per heavy atom. The Balaban J connectivity index is 0. The van der Waals surface area contributed by atoms with Crippen LogP contribution >= 0.6 is 36.4 Å². The number of aryl methyl sites for hydroxylation is 1. The molecule has 1 heterocycles. The zero-order valence-electron chi connectivity index (χ0n) is 9.78. The molecule has 0 aromatic carbocycles. The maximum Gasteiger partial charge on any atom is 0.187 e. The molecule has 1 N–H and O–H groups in total. The molecule has 1 aromatic heterocycles. The van der Waals surface area contributed by atoms with E-state index in [0.717, 1.165) is 12.2 Å². The van der Waals surface area contributed by atoms with Gasteiger partial charge in [-0.2, -0.15) is 0 Å². The summed E-state index contributed by atoms with van der Waals surface area (Å²) in [5.41, 5.74) is 0.728. The van der Waals surface area contributed by atoms with Crippen molar-refractivity contribution in [2.24, 2.45) is 0 Å². The Bertz CT molecular complexity index is 304. The van der Waals surface area contributed by atoms with E-state index in [4.69, 9.17) is 16.1 Å². The van der Waals surface area contributed by atoms with E-state index < -0.39 is 0 Å². The number of nitrogens with one attached hydrogen (secondary N) is 1. The van der Waals surface area contributed by atoms with Gasteiger partial charge in [-0.15, -0.1) is 24.8 Å². The highest BCUT2D eigenvalue weighted by atomic mass is 35.5. The van der Waals surface area contributed by atoms with Crippen LogP contribution in [-0.2, 0) is 0 Å². The minimum Gasteiger partial charge on any atom is -0.356 e. The van der Waals surface area contributed by atoms with E-state index in [1.165, 1.54) is 0 Å². The van der Waals surface area contributed by atoms with Gasteiger partial charge in [0.1, 0.15) is 11.2 Å². The molecule has 0 bridgehead atoms. The van der Waals surface area contributed by atoms with Gasteiger partial charge in [0, 0.05) is 0 Å². The van der Waals surface area contributed by atoms with Crippen molar-refractivity contribution in [2.75, 3.05) is 20.6 Å². The lowest BCUT2D eigenvalue weighted by Gasteiger charge is -2.22. The predicted molar refractivity (Wildman–Crippen MR) is 70.9 cm³/mol. The zero-order valence-corrected chi connectivity index (χ0v) is 12.2. The average molecular weight is 291 g/mol. The number of nitrogens with zero attached hydrogens (tertiary/aromatic N) is 2.